The number of benzene rings is 1. The fourth-order valence-corrected chi connectivity index (χ4v) is 2.92. The summed E-state index contributed by atoms with van der Waals surface area (Å²) in [5.41, 5.74) is 15.2. The largest absolute Gasteiger partial charge is 0.507 e. The van der Waals surface area contributed by atoms with E-state index < -0.39 is 0 Å². The fraction of sp³-hybridized carbons (Fsp3) is 0.294. The van der Waals surface area contributed by atoms with Gasteiger partial charge in [-0.25, -0.2) is 0 Å². The van der Waals surface area contributed by atoms with Gasteiger partial charge in [-0.15, -0.1) is 0 Å². The highest BCUT2D eigenvalue weighted by molar-refractivity contribution is 5.84. The number of hydrogen-bond acceptors (Lipinski definition) is 5. The molecule has 2 aromatic rings. The molecule has 0 spiro atoms. The van der Waals surface area contributed by atoms with Crippen LogP contribution in [-0.2, 0) is 0 Å². The van der Waals surface area contributed by atoms with Crippen molar-refractivity contribution in [2.24, 2.45) is 5.73 Å². The van der Waals surface area contributed by atoms with Gasteiger partial charge < -0.3 is 26.9 Å². The molecule has 6 nitrogen and oxygen atoms in total. The smallest absolute Gasteiger partial charge is 0.124 e. The molecule has 122 valence electrons. The van der Waals surface area contributed by atoms with Gasteiger partial charge in [0, 0.05) is 42.2 Å². The number of H-pyrrole nitrogens is 1. The maximum Gasteiger partial charge on any atom is 0.124 e. The molecule has 1 aliphatic heterocycles. The molecule has 1 aromatic heterocycles. The van der Waals surface area contributed by atoms with E-state index in [2.05, 4.69) is 22.2 Å². The van der Waals surface area contributed by atoms with Crippen molar-refractivity contribution in [3.63, 3.8) is 0 Å². The number of aromatic nitrogens is 1. The minimum Gasteiger partial charge on any atom is -0.507 e. The van der Waals surface area contributed by atoms with E-state index in [9.17, 15) is 5.11 Å². The molecule has 2 heterocycles. The summed E-state index contributed by atoms with van der Waals surface area (Å²) in [6, 6.07) is 9.29. The molecule has 0 saturated carbocycles. The van der Waals surface area contributed by atoms with Gasteiger partial charge in [-0.2, -0.15) is 0 Å². The summed E-state index contributed by atoms with van der Waals surface area (Å²) in [5.74, 6) is 0.740. The maximum atomic E-state index is 9.90. The first-order valence-electron chi connectivity index (χ1n) is 7.71. The fourth-order valence-electron chi connectivity index (χ4n) is 2.92. The summed E-state index contributed by atoms with van der Waals surface area (Å²) in [6.45, 7) is 2.87. The summed E-state index contributed by atoms with van der Waals surface area (Å²) in [5, 5.41) is 13.3. The standard InChI is InChI=1S/C17H23N5O/c1-22-7-6-20-10-15(22)14-9-11(17(19)21-14)8-13(18)12-4-2-3-5-16(12)23/h2-5,8-9,15,20-21,23H,6-7,10,18-19H2,1H3/b13-8-. The molecule has 1 fully saturated rings. The van der Waals surface area contributed by atoms with E-state index in [0.29, 0.717) is 17.1 Å². The number of piperazine rings is 1. The Hall–Kier alpha value is -2.44. The van der Waals surface area contributed by atoms with E-state index in [-0.39, 0.29) is 11.8 Å². The third-order valence-corrected chi connectivity index (χ3v) is 4.30. The van der Waals surface area contributed by atoms with Crippen molar-refractivity contribution in [3.05, 3.63) is 47.2 Å². The van der Waals surface area contributed by atoms with E-state index in [1.165, 1.54) is 0 Å². The molecule has 23 heavy (non-hydrogen) atoms. The second-order valence-corrected chi connectivity index (χ2v) is 5.91. The predicted octanol–water partition coefficient (Wildman–Crippen LogP) is 1.34. The van der Waals surface area contributed by atoms with Crippen LogP contribution in [0.4, 0.5) is 5.82 Å². The average Bonchev–Trinajstić information content (AvgIpc) is 2.89. The highest BCUT2D eigenvalue weighted by Gasteiger charge is 2.22. The van der Waals surface area contributed by atoms with Crippen molar-refractivity contribution < 1.29 is 5.11 Å². The number of para-hydroxylation sites is 1. The van der Waals surface area contributed by atoms with Gasteiger partial charge in [0.1, 0.15) is 11.6 Å². The Balaban J connectivity index is 1.89. The van der Waals surface area contributed by atoms with E-state index in [1.807, 2.05) is 12.1 Å². The summed E-state index contributed by atoms with van der Waals surface area (Å²) in [7, 11) is 2.11. The molecule has 0 bridgehead atoms. The minimum absolute atomic E-state index is 0.159. The molecule has 1 atom stereocenters. The first-order valence-corrected chi connectivity index (χ1v) is 7.71. The molecule has 0 radical (unpaired) electrons. The van der Waals surface area contributed by atoms with Gasteiger partial charge in [-0.05, 0) is 31.3 Å². The topological polar surface area (TPSA) is 103 Å². The Morgan fingerprint density at radius 2 is 2.17 bits per heavy atom. The lowest BCUT2D eigenvalue weighted by Gasteiger charge is -2.32. The molecule has 0 aliphatic carbocycles. The van der Waals surface area contributed by atoms with Crippen LogP contribution in [0.5, 0.6) is 5.75 Å². The van der Waals surface area contributed by atoms with Crippen LogP contribution in [0.3, 0.4) is 0 Å². The zero-order valence-corrected chi connectivity index (χ0v) is 13.2. The van der Waals surface area contributed by atoms with E-state index in [1.54, 1.807) is 24.3 Å². The van der Waals surface area contributed by atoms with Crippen molar-refractivity contribution in [2.45, 2.75) is 6.04 Å². The van der Waals surface area contributed by atoms with E-state index >= 15 is 0 Å². The maximum absolute atomic E-state index is 9.90. The Kier molecular flexibility index (Phi) is 4.27. The third kappa shape index (κ3) is 3.18. The number of nitrogens with zero attached hydrogens (tertiary/aromatic N) is 1. The minimum atomic E-state index is 0.159. The van der Waals surface area contributed by atoms with Gasteiger partial charge >= 0.3 is 0 Å². The first-order chi connectivity index (χ1) is 11.1. The molecule has 1 saturated heterocycles. The molecule has 6 heteroatoms. The normalized spacial score (nSPS) is 19.9. The van der Waals surface area contributed by atoms with Crippen molar-refractivity contribution in [3.8, 4) is 5.75 Å². The highest BCUT2D eigenvalue weighted by atomic mass is 16.3. The summed E-state index contributed by atoms with van der Waals surface area (Å²) in [4.78, 5) is 5.54. The zero-order valence-electron chi connectivity index (χ0n) is 13.2. The summed E-state index contributed by atoms with van der Waals surface area (Å²) >= 11 is 0. The number of phenols is 1. The zero-order chi connectivity index (χ0) is 16.4. The second kappa shape index (κ2) is 6.36. The Labute approximate surface area is 135 Å². The van der Waals surface area contributed by atoms with Crippen molar-refractivity contribution in [2.75, 3.05) is 32.4 Å². The Morgan fingerprint density at radius 3 is 2.91 bits per heavy atom. The van der Waals surface area contributed by atoms with Gasteiger partial charge in [-0.3, -0.25) is 4.90 Å². The predicted molar refractivity (Wildman–Crippen MR) is 93.6 cm³/mol. The first kappa shape index (κ1) is 15.5. The van der Waals surface area contributed by atoms with Crippen LogP contribution in [-0.4, -0.2) is 41.7 Å². The van der Waals surface area contributed by atoms with Crippen LogP contribution in [0.1, 0.15) is 22.9 Å². The molecule has 1 aromatic carbocycles. The van der Waals surface area contributed by atoms with Gasteiger partial charge in [-0.1, -0.05) is 12.1 Å². The number of hydrogen-bond donors (Lipinski definition) is 5. The molecular formula is C17H23N5O. The van der Waals surface area contributed by atoms with Gasteiger partial charge in [0.15, 0.2) is 0 Å². The monoisotopic (exact) mass is 313 g/mol. The SMILES string of the molecule is CN1CCNCC1c1cc(/C=C(\N)c2ccccc2O)c(N)[nH]1. The Bertz CT molecular complexity index is 722. The molecular weight excluding hydrogens is 290 g/mol. The van der Waals surface area contributed by atoms with Crippen molar-refractivity contribution in [1.29, 1.82) is 0 Å². The van der Waals surface area contributed by atoms with Gasteiger partial charge in [0.25, 0.3) is 0 Å². The van der Waals surface area contributed by atoms with Crippen LogP contribution >= 0.6 is 0 Å². The lowest BCUT2D eigenvalue weighted by Crippen LogP contribution is -2.43. The molecule has 7 N–H and O–H groups in total. The van der Waals surface area contributed by atoms with Crippen LogP contribution in [0.15, 0.2) is 30.3 Å². The number of aromatic amines is 1. The molecule has 1 unspecified atom stereocenters. The number of anilines is 1. The summed E-state index contributed by atoms with van der Waals surface area (Å²) < 4.78 is 0. The van der Waals surface area contributed by atoms with E-state index in [0.717, 1.165) is 30.9 Å². The van der Waals surface area contributed by atoms with Crippen LogP contribution < -0.4 is 16.8 Å². The quantitative estimate of drug-likeness (QED) is 0.588. The van der Waals surface area contributed by atoms with Gasteiger partial charge in [0.2, 0.25) is 0 Å². The molecule has 1 aliphatic rings. The number of aromatic hydroxyl groups is 1. The van der Waals surface area contributed by atoms with Crippen LogP contribution in [0.2, 0.25) is 0 Å². The highest BCUT2D eigenvalue weighted by Crippen LogP contribution is 2.28. The molecule has 0 amide bonds. The summed E-state index contributed by atoms with van der Waals surface area (Å²) in [6.07, 6.45) is 1.79. The lowest BCUT2D eigenvalue weighted by atomic mass is 10.1. The van der Waals surface area contributed by atoms with Crippen molar-refractivity contribution >= 4 is 17.6 Å². The molecule has 3 rings (SSSR count). The van der Waals surface area contributed by atoms with Crippen LogP contribution in [0.25, 0.3) is 11.8 Å². The second-order valence-electron chi connectivity index (χ2n) is 5.91. The average molecular weight is 313 g/mol. The number of nitrogens with two attached hydrogens (primary N) is 2. The van der Waals surface area contributed by atoms with Crippen molar-refractivity contribution in [1.82, 2.24) is 15.2 Å². The number of nitrogens with one attached hydrogen (secondary N) is 2. The number of nitrogen functional groups attached to an aromatic ring is 1. The third-order valence-electron chi connectivity index (χ3n) is 4.30. The van der Waals surface area contributed by atoms with E-state index in [4.69, 9.17) is 11.5 Å². The lowest BCUT2D eigenvalue weighted by molar-refractivity contribution is 0.199. The Morgan fingerprint density at radius 1 is 1.39 bits per heavy atom. The number of rotatable bonds is 3. The van der Waals surface area contributed by atoms with Crippen LogP contribution in [0, 0.1) is 0 Å². The number of phenolic OH excluding ortho intramolecular Hbond substituents is 1. The van der Waals surface area contributed by atoms with Gasteiger partial charge in [0.05, 0.1) is 6.04 Å². The number of likely N-dealkylation sites (N-methyl/N-ethyl adjacent to an activating group) is 1.